The van der Waals surface area contributed by atoms with E-state index in [2.05, 4.69) is 17.1 Å². The summed E-state index contributed by atoms with van der Waals surface area (Å²) in [5.41, 5.74) is 1.68. The van der Waals surface area contributed by atoms with Gasteiger partial charge in [0.2, 0.25) is 0 Å². The molecular weight excluding hydrogens is 346 g/mol. The van der Waals surface area contributed by atoms with Gasteiger partial charge in [-0.3, -0.25) is 4.79 Å². The van der Waals surface area contributed by atoms with E-state index in [1.807, 2.05) is 41.8 Å². The Morgan fingerprint density at radius 2 is 1.81 bits per heavy atom. The van der Waals surface area contributed by atoms with Crippen molar-refractivity contribution in [3.8, 4) is 17.1 Å². The zero-order chi connectivity index (χ0) is 18.5. The van der Waals surface area contributed by atoms with E-state index >= 15 is 0 Å². The molecule has 0 spiro atoms. The van der Waals surface area contributed by atoms with Crippen LogP contribution in [0.15, 0.2) is 59.8 Å². The van der Waals surface area contributed by atoms with Crippen LogP contribution in [0.1, 0.15) is 24.2 Å². The monoisotopic (exact) mass is 367 g/mol. The van der Waals surface area contributed by atoms with Crippen LogP contribution >= 0.6 is 11.8 Å². The molecule has 0 bridgehead atoms. The van der Waals surface area contributed by atoms with Gasteiger partial charge in [0.25, 0.3) is 0 Å². The third-order valence-electron chi connectivity index (χ3n) is 4.09. The molecule has 3 aromatic rings. The summed E-state index contributed by atoms with van der Waals surface area (Å²) in [6.45, 7) is 4.69. The van der Waals surface area contributed by atoms with Gasteiger partial charge < -0.3 is 9.30 Å². The molecule has 134 valence electrons. The highest BCUT2D eigenvalue weighted by Crippen LogP contribution is 2.28. The van der Waals surface area contributed by atoms with Gasteiger partial charge in [-0.25, -0.2) is 0 Å². The molecule has 0 saturated carbocycles. The van der Waals surface area contributed by atoms with Crippen molar-refractivity contribution >= 4 is 17.5 Å². The van der Waals surface area contributed by atoms with Crippen LogP contribution in [-0.2, 0) is 6.54 Å². The topological polar surface area (TPSA) is 57.0 Å². The minimum absolute atomic E-state index is 0.0598. The average Bonchev–Trinajstić information content (AvgIpc) is 3.10. The van der Waals surface area contributed by atoms with Crippen LogP contribution < -0.4 is 4.74 Å². The Morgan fingerprint density at radius 3 is 2.42 bits per heavy atom. The van der Waals surface area contributed by atoms with Crippen molar-refractivity contribution in [2.45, 2.75) is 30.8 Å². The van der Waals surface area contributed by atoms with Crippen LogP contribution in [0.3, 0.4) is 0 Å². The van der Waals surface area contributed by atoms with Gasteiger partial charge in [-0.05, 0) is 38.1 Å². The number of carbonyl (C=O) groups excluding carboxylic acids is 1. The summed E-state index contributed by atoms with van der Waals surface area (Å²) in [5, 5.41) is 9.13. The lowest BCUT2D eigenvalue weighted by Gasteiger charge is -2.12. The van der Waals surface area contributed by atoms with E-state index < -0.39 is 0 Å². The van der Waals surface area contributed by atoms with Crippen LogP contribution in [-0.4, -0.2) is 32.9 Å². The largest absolute Gasteiger partial charge is 0.497 e. The molecule has 6 heteroatoms. The van der Waals surface area contributed by atoms with Crippen LogP contribution in [0.25, 0.3) is 11.4 Å². The molecule has 1 atom stereocenters. The molecule has 0 unspecified atom stereocenters. The zero-order valence-electron chi connectivity index (χ0n) is 15.0. The standard InChI is InChI=1S/C20H21N3O2S/c1-4-23-19(16-8-6-5-7-9-16)21-22-20(23)26-14(2)18(24)15-10-12-17(25-3)13-11-15/h5-14H,4H2,1-3H3/t14-/m1/s1. The van der Waals surface area contributed by atoms with E-state index in [0.29, 0.717) is 5.56 Å². The number of benzene rings is 2. The Kier molecular flexibility index (Phi) is 5.73. The highest BCUT2D eigenvalue weighted by atomic mass is 32.2. The summed E-state index contributed by atoms with van der Waals surface area (Å²) in [6.07, 6.45) is 0. The second kappa shape index (κ2) is 8.19. The Bertz CT molecular complexity index is 876. The molecule has 0 aliphatic heterocycles. The molecular formula is C20H21N3O2S. The number of rotatable bonds is 7. The summed E-state index contributed by atoms with van der Waals surface area (Å²) in [7, 11) is 1.61. The molecule has 0 aliphatic rings. The van der Waals surface area contributed by atoms with Crippen molar-refractivity contribution < 1.29 is 9.53 Å². The second-order valence-electron chi connectivity index (χ2n) is 5.77. The maximum atomic E-state index is 12.7. The summed E-state index contributed by atoms with van der Waals surface area (Å²) in [5.74, 6) is 1.62. The molecule has 3 rings (SSSR count). The van der Waals surface area contributed by atoms with Gasteiger partial charge in [0.1, 0.15) is 5.75 Å². The number of thioether (sulfide) groups is 1. The summed E-state index contributed by atoms with van der Waals surface area (Å²) in [6, 6.07) is 17.1. The predicted molar refractivity (Wildman–Crippen MR) is 104 cm³/mol. The second-order valence-corrected chi connectivity index (χ2v) is 7.08. The van der Waals surface area contributed by atoms with Crippen molar-refractivity contribution in [1.82, 2.24) is 14.8 Å². The van der Waals surface area contributed by atoms with Gasteiger partial charge in [-0.2, -0.15) is 0 Å². The molecule has 1 heterocycles. The van der Waals surface area contributed by atoms with Gasteiger partial charge >= 0.3 is 0 Å². The third kappa shape index (κ3) is 3.80. The number of nitrogens with zero attached hydrogens (tertiary/aromatic N) is 3. The summed E-state index contributed by atoms with van der Waals surface area (Å²) < 4.78 is 7.18. The lowest BCUT2D eigenvalue weighted by Crippen LogP contribution is -2.14. The first-order valence-electron chi connectivity index (χ1n) is 8.47. The van der Waals surface area contributed by atoms with Gasteiger partial charge in [-0.15, -0.1) is 10.2 Å². The molecule has 0 fully saturated rings. The zero-order valence-corrected chi connectivity index (χ0v) is 15.9. The molecule has 1 aromatic heterocycles. The van der Waals surface area contributed by atoms with Gasteiger partial charge in [0.15, 0.2) is 16.8 Å². The Balaban J connectivity index is 1.79. The van der Waals surface area contributed by atoms with E-state index in [1.54, 1.807) is 31.4 Å². The average molecular weight is 367 g/mol. The number of ketones is 1. The van der Waals surface area contributed by atoms with Crippen molar-refractivity contribution in [3.05, 3.63) is 60.2 Å². The fraction of sp³-hybridized carbons (Fsp3) is 0.250. The number of hydrogen-bond acceptors (Lipinski definition) is 5. The molecule has 5 nitrogen and oxygen atoms in total. The number of Topliss-reactive ketones (excluding diaryl/α,β-unsaturated/α-hetero) is 1. The minimum Gasteiger partial charge on any atom is -0.497 e. The first kappa shape index (κ1) is 18.2. The van der Waals surface area contributed by atoms with Gasteiger partial charge in [0.05, 0.1) is 12.4 Å². The fourth-order valence-electron chi connectivity index (χ4n) is 2.66. The van der Waals surface area contributed by atoms with Crippen LogP contribution in [0.5, 0.6) is 5.75 Å². The number of methoxy groups -OCH3 is 1. The van der Waals surface area contributed by atoms with Crippen molar-refractivity contribution in [1.29, 1.82) is 0 Å². The van der Waals surface area contributed by atoms with Crippen LogP contribution in [0.2, 0.25) is 0 Å². The fourth-order valence-corrected chi connectivity index (χ4v) is 3.65. The predicted octanol–water partition coefficient (Wildman–Crippen LogP) is 4.34. The number of aromatic nitrogens is 3. The third-order valence-corrected chi connectivity index (χ3v) is 5.17. The first-order valence-corrected chi connectivity index (χ1v) is 9.35. The molecule has 0 radical (unpaired) electrons. The molecule has 0 aliphatic carbocycles. The maximum absolute atomic E-state index is 12.7. The molecule has 26 heavy (non-hydrogen) atoms. The van der Waals surface area contributed by atoms with E-state index in [1.165, 1.54) is 11.8 Å². The van der Waals surface area contributed by atoms with E-state index in [9.17, 15) is 4.79 Å². The van der Waals surface area contributed by atoms with Crippen molar-refractivity contribution in [2.75, 3.05) is 7.11 Å². The number of ether oxygens (including phenoxy) is 1. The van der Waals surface area contributed by atoms with E-state index in [-0.39, 0.29) is 11.0 Å². The molecule has 2 aromatic carbocycles. The SMILES string of the molecule is CCn1c(S[C@H](C)C(=O)c2ccc(OC)cc2)nnc1-c1ccccc1. The summed E-state index contributed by atoms with van der Waals surface area (Å²) in [4.78, 5) is 12.7. The Hall–Kier alpha value is -2.60. The van der Waals surface area contributed by atoms with E-state index in [0.717, 1.165) is 28.8 Å². The smallest absolute Gasteiger partial charge is 0.192 e. The van der Waals surface area contributed by atoms with Crippen LogP contribution in [0, 0.1) is 0 Å². The highest BCUT2D eigenvalue weighted by Gasteiger charge is 2.21. The van der Waals surface area contributed by atoms with E-state index in [4.69, 9.17) is 4.74 Å². The van der Waals surface area contributed by atoms with Gasteiger partial charge in [-0.1, -0.05) is 42.1 Å². The van der Waals surface area contributed by atoms with Gasteiger partial charge in [0, 0.05) is 17.7 Å². The Labute approximate surface area is 157 Å². The lowest BCUT2D eigenvalue weighted by atomic mass is 10.1. The maximum Gasteiger partial charge on any atom is 0.192 e. The quantitative estimate of drug-likeness (QED) is 0.459. The first-order chi connectivity index (χ1) is 12.6. The van der Waals surface area contributed by atoms with Crippen molar-refractivity contribution in [3.63, 3.8) is 0 Å². The van der Waals surface area contributed by atoms with Crippen LogP contribution in [0.4, 0.5) is 0 Å². The number of hydrogen-bond donors (Lipinski definition) is 0. The number of carbonyl (C=O) groups is 1. The lowest BCUT2D eigenvalue weighted by molar-refractivity contribution is 0.0994. The molecule has 0 saturated heterocycles. The summed E-state index contributed by atoms with van der Waals surface area (Å²) >= 11 is 1.43. The van der Waals surface area contributed by atoms with Crippen molar-refractivity contribution in [2.24, 2.45) is 0 Å². The molecule has 0 N–H and O–H groups in total. The Morgan fingerprint density at radius 1 is 1.12 bits per heavy atom. The molecule has 0 amide bonds. The minimum atomic E-state index is -0.262. The highest BCUT2D eigenvalue weighted by molar-refractivity contribution is 8.00. The normalized spacial score (nSPS) is 12.0.